The quantitative estimate of drug-likeness (QED) is 0.894. The van der Waals surface area contributed by atoms with E-state index in [-0.39, 0.29) is 6.04 Å². The summed E-state index contributed by atoms with van der Waals surface area (Å²) >= 11 is 0. The average Bonchev–Trinajstić information content (AvgIpc) is 2.45. The van der Waals surface area contributed by atoms with Crippen molar-refractivity contribution >= 4 is 0 Å². The van der Waals surface area contributed by atoms with E-state index in [1.54, 1.807) is 13.3 Å². The van der Waals surface area contributed by atoms with Gasteiger partial charge in [0.25, 0.3) is 0 Å². The third kappa shape index (κ3) is 3.09. The second kappa shape index (κ2) is 6.29. The Bertz CT molecular complexity index is 542. The predicted octanol–water partition coefficient (Wildman–Crippen LogP) is 2.49. The molecule has 100 valence electrons. The lowest BCUT2D eigenvalue weighted by Gasteiger charge is -2.20. The van der Waals surface area contributed by atoms with Crippen LogP contribution in [0.3, 0.4) is 0 Å². The second-order valence-corrected chi connectivity index (χ2v) is 4.39. The van der Waals surface area contributed by atoms with Gasteiger partial charge >= 0.3 is 0 Å². The van der Waals surface area contributed by atoms with Crippen LogP contribution < -0.4 is 10.1 Å². The summed E-state index contributed by atoms with van der Waals surface area (Å²) in [5.41, 5.74) is 3.29. The molecule has 0 aliphatic carbocycles. The summed E-state index contributed by atoms with van der Waals surface area (Å²) in [7, 11) is 1.64. The molecule has 4 nitrogen and oxygen atoms in total. The molecule has 1 atom stereocenters. The van der Waals surface area contributed by atoms with Gasteiger partial charge in [-0.2, -0.15) is 0 Å². The highest BCUT2D eigenvalue weighted by atomic mass is 16.5. The molecule has 1 unspecified atom stereocenters. The van der Waals surface area contributed by atoms with Crippen molar-refractivity contribution in [1.29, 1.82) is 0 Å². The minimum atomic E-state index is 0.0426. The summed E-state index contributed by atoms with van der Waals surface area (Å²) < 4.78 is 5.35. The highest BCUT2D eigenvalue weighted by Gasteiger charge is 2.18. The zero-order valence-electron chi connectivity index (χ0n) is 11.6. The molecule has 0 bridgehead atoms. The molecule has 2 heterocycles. The molecule has 0 aliphatic heterocycles. The van der Waals surface area contributed by atoms with Gasteiger partial charge in [-0.1, -0.05) is 19.1 Å². The molecule has 4 heteroatoms. The van der Waals surface area contributed by atoms with E-state index >= 15 is 0 Å². The first-order valence-corrected chi connectivity index (χ1v) is 6.40. The molecule has 0 fully saturated rings. The number of hydrogen-bond donors (Lipinski definition) is 1. The van der Waals surface area contributed by atoms with Crippen LogP contribution in [-0.4, -0.2) is 23.6 Å². The molecule has 0 aromatic carbocycles. The molecule has 2 aromatic rings. The van der Waals surface area contributed by atoms with Gasteiger partial charge in [0, 0.05) is 24.2 Å². The van der Waals surface area contributed by atoms with E-state index in [9.17, 15) is 0 Å². The molecule has 19 heavy (non-hydrogen) atoms. The van der Waals surface area contributed by atoms with Crippen LogP contribution in [0.5, 0.6) is 5.88 Å². The summed E-state index contributed by atoms with van der Waals surface area (Å²) in [5.74, 6) is 0.648. The minimum absolute atomic E-state index is 0.0426. The summed E-state index contributed by atoms with van der Waals surface area (Å²) in [6.45, 7) is 4.98. The number of nitrogens with zero attached hydrogens (tertiary/aromatic N) is 2. The number of rotatable bonds is 5. The van der Waals surface area contributed by atoms with Gasteiger partial charge in [-0.25, -0.2) is 4.98 Å². The summed E-state index contributed by atoms with van der Waals surface area (Å²) in [6, 6.07) is 6.13. The maximum Gasteiger partial charge on any atom is 0.218 e. The van der Waals surface area contributed by atoms with Gasteiger partial charge in [0.2, 0.25) is 5.88 Å². The summed E-state index contributed by atoms with van der Waals surface area (Å²) in [5, 5.41) is 3.46. The Hall–Kier alpha value is -1.94. The van der Waals surface area contributed by atoms with E-state index in [0.29, 0.717) is 5.88 Å². The van der Waals surface area contributed by atoms with Crippen molar-refractivity contribution in [3.63, 3.8) is 0 Å². The highest BCUT2D eigenvalue weighted by molar-refractivity contribution is 5.37. The Morgan fingerprint density at radius 3 is 2.89 bits per heavy atom. The Kier molecular flexibility index (Phi) is 4.47. The van der Waals surface area contributed by atoms with Gasteiger partial charge in [0.05, 0.1) is 13.2 Å². The Labute approximate surface area is 113 Å². The van der Waals surface area contributed by atoms with Gasteiger partial charge in [0.15, 0.2) is 0 Å². The topological polar surface area (TPSA) is 47.0 Å². The largest absolute Gasteiger partial charge is 0.481 e. The van der Waals surface area contributed by atoms with Crippen LogP contribution in [-0.2, 0) is 0 Å². The molecule has 0 saturated carbocycles. The van der Waals surface area contributed by atoms with Crippen LogP contribution in [0.2, 0.25) is 0 Å². The van der Waals surface area contributed by atoms with Crippen molar-refractivity contribution in [2.75, 3.05) is 13.7 Å². The SMILES string of the molecule is CCNC(c1cncc(C)c1)c1cccnc1OC. The van der Waals surface area contributed by atoms with Crippen LogP contribution in [0.4, 0.5) is 0 Å². The van der Waals surface area contributed by atoms with Crippen molar-refractivity contribution in [3.8, 4) is 5.88 Å². The standard InChI is InChI=1S/C15H19N3O/c1-4-17-14(12-8-11(2)9-16-10-12)13-6-5-7-18-15(13)19-3/h5-10,14,17H,4H2,1-3H3. The number of hydrogen-bond acceptors (Lipinski definition) is 4. The first-order valence-electron chi connectivity index (χ1n) is 6.40. The molecule has 2 rings (SSSR count). The number of ether oxygens (including phenoxy) is 1. The normalized spacial score (nSPS) is 12.2. The third-order valence-electron chi connectivity index (χ3n) is 2.94. The molecule has 0 aliphatic rings. The van der Waals surface area contributed by atoms with E-state index in [4.69, 9.17) is 4.74 Å². The third-order valence-corrected chi connectivity index (χ3v) is 2.94. The molecule has 0 radical (unpaired) electrons. The van der Waals surface area contributed by atoms with Crippen LogP contribution in [0, 0.1) is 6.92 Å². The van der Waals surface area contributed by atoms with Crippen LogP contribution >= 0.6 is 0 Å². The number of aromatic nitrogens is 2. The monoisotopic (exact) mass is 257 g/mol. The minimum Gasteiger partial charge on any atom is -0.481 e. The van der Waals surface area contributed by atoms with Crippen molar-refractivity contribution in [3.05, 3.63) is 53.5 Å². The van der Waals surface area contributed by atoms with Crippen molar-refractivity contribution in [2.45, 2.75) is 19.9 Å². The van der Waals surface area contributed by atoms with Crippen molar-refractivity contribution in [2.24, 2.45) is 0 Å². The van der Waals surface area contributed by atoms with E-state index in [1.807, 2.05) is 31.5 Å². The second-order valence-electron chi connectivity index (χ2n) is 4.39. The molecule has 1 N–H and O–H groups in total. The number of aryl methyl sites for hydroxylation is 1. The lowest BCUT2D eigenvalue weighted by Crippen LogP contribution is -2.23. The fraction of sp³-hybridized carbons (Fsp3) is 0.333. The smallest absolute Gasteiger partial charge is 0.218 e. The molecule has 2 aromatic heterocycles. The molecule has 0 saturated heterocycles. The van der Waals surface area contributed by atoms with Crippen LogP contribution in [0.25, 0.3) is 0 Å². The number of methoxy groups -OCH3 is 1. The van der Waals surface area contributed by atoms with Gasteiger partial charge in [-0.15, -0.1) is 0 Å². The summed E-state index contributed by atoms with van der Waals surface area (Å²) in [4.78, 5) is 8.53. The molecular formula is C15H19N3O. The van der Waals surface area contributed by atoms with Gasteiger partial charge in [-0.05, 0) is 30.7 Å². The van der Waals surface area contributed by atoms with Crippen LogP contribution in [0.1, 0.15) is 29.7 Å². The number of pyridine rings is 2. The van der Waals surface area contributed by atoms with E-state index in [1.165, 1.54) is 0 Å². The Morgan fingerprint density at radius 2 is 2.21 bits per heavy atom. The maximum atomic E-state index is 5.35. The van der Waals surface area contributed by atoms with Gasteiger partial charge in [0.1, 0.15) is 0 Å². The number of nitrogens with one attached hydrogen (secondary N) is 1. The zero-order valence-corrected chi connectivity index (χ0v) is 11.6. The predicted molar refractivity (Wildman–Crippen MR) is 75.3 cm³/mol. The molecular weight excluding hydrogens is 238 g/mol. The van der Waals surface area contributed by atoms with Gasteiger partial charge < -0.3 is 10.1 Å². The lowest BCUT2D eigenvalue weighted by molar-refractivity contribution is 0.387. The zero-order chi connectivity index (χ0) is 13.7. The van der Waals surface area contributed by atoms with Crippen LogP contribution in [0.15, 0.2) is 36.8 Å². The lowest BCUT2D eigenvalue weighted by atomic mass is 10.00. The van der Waals surface area contributed by atoms with Crippen molar-refractivity contribution in [1.82, 2.24) is 15.3 Å². The first-order chi connectivity index (χ1) is 9.26. The Morgan fingerprint density at radius 1 is 1.37 bits per heavy atom. The van der Waals surface area contributed by atoms with Crippen molar-refractivity contribution < 1.29 is 4.74 Å². The van der Waals surface area contributed by atoms with E-state index in [0.717, 1.165) is 23.2 Å². The van der Waals surface area contributed by atoms with E-state index < -0.39 is 0 Å². The fourth-order valence-corrected chi connectivity index (χ4v) is 2.14. The average molecular weight is 257 g/mol. The highest BCUT2D eigenvalue weighted by Crippen LogP contribution is 2.28. The summed E-state index contributed by atoms with van der Waals surface area (Å²) in [6.07, 6.45) is 5.47. The first kappa shape index (κ1) is 13.5. The Balaban J connectivity index is 2.45. The maximum absolute atomic E-state index is 5.35. The fourth-order valence-electron chi connectivity index (χ4n) is 2.14. The molecule has 0 spiro atoms. The van der Waals surface area contributed by atoms with E-state index in [2.05, 4.69) is 28.3 Å². The molecule has 0 amide bonds. The van der Waals surface area contributed by atoms with Gasteiger partial charge in [-0.3, -0.25) is 4.98 Å².